The van der Waals surface area contributed by atoms with Gasteiger partial charge in [0, 0.05) is 11.5 Å². The zero-order valence-corrected chi connectivity index (χ0v) is 11.8. The number of hydrogen-bond acceptors (Lipinski definition) is 2. The molecule has 2 aromatic carbocycles. The maximum absolute atomic E-state index is 5.85. The van der Waals surface area contributed by atoms with E-state index < -0.39 is 0 Å². The Bertz CT molecular complexity index is 532. The lowest BCUT2D eigenvalue weighted by atomic mass is 9.85. The summed E-state index contributed by atoms with van der Waals surface area (Å²) in [7, 11) is 0. The van der Waals surface area contributed by atoms with Crippen LogP contribution < -0.4 is 11.3 Å². The van der Waals surface area contributed by atoms with Crippen molar-refractivity contribution in [1.82, 2.24) is 5.43 Å². The molecule has 0 bridgehead atoms. The van der Waals surface area contributed by atoms with Crippen LogP contribution in [0.25, 0.3) is 0 Å². The Morgan fingerprint density at radius 3 is 2.10 bits per heavy atom. The SMILES string of the molecule is NNC(CCc1ccccc1)C1(c2ccccc2)CC1. The monoisotopic (exact) mass is 266 g/mol. The average Bonchev–Trinajstić information content (AvgIpc) is 3.32. The van der Waals surface area contributed by atoms with Crippen LogP contribution in [-0.2, 0) is 11.8 Å². The average molecular weight is 266 g/mol. The van der Waals surface area contributed by atoms with E-state index in [1.807, 2.05) is 0 Å². The number of hydrazine groups is 1. The van der Waals surface area contributed by atoms with Gasteiger partial charge in [0.05, 0.1) is 0 Å². The predicted molar refractivity (Wildman–Crippen MR) is 83.2 cm³/mol. The molecule has 1 aliphatic rings. The third-order valence-electron chi connectivity index (χ3n) is 4.57. The lowest BCUT2D eigenvalue weighted by molar-refractivity contribution is 0.399. The molecular weight excluding hydrogens is 244 g/mol. The molecule has 0 radical (unpaired) electrons. The van der Waals surface area contributed by atoms with Crippen LogP contribution in [0.3, 0.4) is 0 Å². The summed E-state index contributed by atoms with van der Waals surface area (Å²) in [5.41, 5.74) is 6.14. The van der Waals surface area contributed by atoms with E-state index in [1.165, 1.54) is 24.0 Å². The van der Waals surface area contributed by atoms with Crippen molar-refractivity contribution in [2.45, 2.75) is 37.1 Å². The molecule has 0 aromatic heterocycles. The predicted octanol–water partition coefficient (Wildman–Crippen LogP) is 3.18. The molecule has 1 unspecified atom stereocenters. The largest absolute Gasteiger partial charge is 0.271 e. The highest BCUT2D eigenvalue weighted by Crippen LogP contribution is 2.51. The quantitative estimate of drug-likeness (QED) is 0.622. The van der Waals surface area contributed by atoms with E-state index in [0.717, 1.165) is 12.8 Å². The molecule has 2 nitrogen and oxygen atoms in total. The van der Waals surface area contributed by atoms with Gasteiger partial charge in [0.25, 0.3) is 0 Å². The first-order valence-corrected chi connectivity index (χ1v) is 7.41. The van der Waals surface area contributed by atoms with Crippen LogP contribution in [0.5, 0.6) is 0 Å². The zero-order valence-electron chi connectivity index (χ0n) is 11.8. The van der Waals surface area contributed by atoms with Crippen LogP contribution in [0.2, 0.25) is 0 Å². The summed E-state index contributed by atoms with van der Waals surface area (Å²) in [6, 6.07) is 21.8. The molecule has 2 aromatic rings. The van der Waals surface area contributed by atoms with Gasteiger partial charge in [-0.3, -0.25) is 11.3 Å². The van der Waals surface area contributed by atoms with E-state index in [4.69, 9.17) is 5.84 Å². The van der Waals surface area contributed by atoms with Crippen molar-refractivity contribution in [2.24, 2.45) is 5.84 Å². The molecular formula is C18H22N2. The lowest BCUT2D eigenvalue weighted by Crippen LogP contribution is -2.44. The fourth-order valence-electron chi connectivity index (χ4n) is 3.22. The van der Waals surface area contributed by atoms with Crippen molar-refractivity contribution in [2.75, 3.05) is 0 Å². The van der Waals surface area contributed by atoms with Crippen molar-refractivity contribution in [1.29, 1.82) is 0 Å². The third-order valence-corrected chi connectivity index (χ3v) is 4.57. The first kappa shape index (κ1) is 13.3. The minimum atomic E-state index is 0.255. The molecule has 2 heteroatoms. The maximum atomic E-state index is 5.85. The summed E-state index contributed by atoms with van der Waals surface area (Å²) in [6.45, 7) is 0. The molecule has 0 saturated heterocycles. The van der Waals surface area contributed by atoms with Gasteiger partial charge in [0.15, 0.2) is 0 Å². The van der Waals surface area contributed by atoms with E-state index in [1.54, 1.807) is 0 Å². The first-order valence-electron chi connectivity index (χ1n) is 7.41. The summed E-state index contributed by atoms with van der Waals surface area (Å²) in [5.74, 6) is 5.85. The maximum Gasteiger partial charge on any atom is 0.0310 e. The first-order chi connectivity index (χ1) is 9.85. The highest BCUT2D eigenvalue weighted by Gasteiger charge is 2.49. The molecule has 3 rings (SSSR count). The fraction of sp³-hybridized carbons (Fsp3) is 0.333. The van der Waals surface area contributed by atoms with Gasteiger partial charge in [0.2, 0.25) is 0 Å². The molecule has 0 spiro atoms. The molecule has 20 heavy (non-hydrogen) atoms. The number of nitrogens with one attached hydrogen (secondary N) is 1. The number of hydrogen-bond donors (Lipinski definition) is 2. The highest BCUT2D eigenvalue weighted by molar-refractivity contribution is 5.34. The summed E-state index contributed by atoms with van der Waals surface area (Å²) < 4.78 is 0. The van der Waals surface area contributed by atoms with Gasteiger partial charge in [-0.1, -0.05) is 60.7 Å². The molecule has 1 aliphatic carbocycles. The van der Waals surface area contributed by atoms with Gasteiger partial charge < -0.3 is 0 Å². The van der Waals surface area contributed by atoms with Gasteiger partial charge in [-0.25, -0.2) is 0 Å². The molecule has 0 amide bonds. The fourth-order valence-corrected chi connectivity index (χ4v) is 3.22. The molecule has 104 valence electrons. The van der Waals surface area contributed by atoms with Crippen molar-refractivity contribution >= 4 is 0 Å². The van der Waals surface area contributed by atoms with Gasteiger partial charge in [-0.05, 0) is 36.8 Å². The summed E-state index contributed by atoms with van der Waals surface area (Å²) in [4.78, 5) is 0. The number of benzene rings is 2. The second-order valence-corrected chi connectivity index (χ2v) is 5.77. The number of rotatable bonds is 6. The summed E-state index contributed by atoms with van der Waals surface area (Å²) in [5, 5.41) is 0. The second kappa shape index (κ2) is 5.78. The highest BCUT2D eigenvalue weighted by atomic mass is 15.2. The van der Waals surface area contributed by atoms with Crippen molar-refractivity contribution < 1.29 is 0 Å². The smallest absolute Gasteiger partial charge is 0.0310 e. The molecule has 1 atom stereocenters. The Labute approximate surface area is 121 Å². The van der Waals surface area contributed by atoms with E-state index in [-0.39, 0.29) is 5.41 Å². The van der Waals surface area contributed by atoms with Crippen molar-refractivity contribution in [3.05, 3.63) is 71.8 Å². The third kappa shape index (κ3) is 2.62. The van der Waals surface area contributed by atoms with Crippen LogP contribution in [0.15, 0.2) is 60.7 Å². The molecule has 3 N–H and O–H groups in total. The van der Waals surface area contributed by atoms with Crippen LogP contribution in [0, 0.1) is 0 Å². The van der Waals surface area contributed by atoms with Crippen LogP contribution in [-0.4, -0.2) is 6.04 Å². The molecule has 0 aliphatic heterocycles. The van der Waals surface area contributed by atoms with Crippen LogP contribution in [0.1, 0.15) is 30.4 Å². The Kier molecular flexibility index (Phi) is 3.86. The van der Waals surface area contributed by atoms with Crippen LogP contribution >= 0.6 is 0 Å². The number of nitrogens with two attached hydrogens (primary N) is 1. The minimum absolute atomic E-state index is 0.255. The Balaban J connectivity index is 1.71. The Morgan fingerprint density at radius 1 is 0.950 bits per heavy atom. The lowest BCUT2D eigenvalue weighted by Gasteiger charge is -2.27. The standard InChI is InChI=1S/C18H22N2/c19-20-17(12-11-15-7-3-1-4-8-15)18(13-14-18)16-9-5-2-6-10-16/h1-10,17,20H,11-14,19H2. The van der Waals surface area contributed by atoms with Crippen molar-refractivity contribution in [3.63, 3.8) is 0 Å². The Hall–Kier alpha value is -1.64. The summed E-state index contributed by atoms with van der Waals surface area (Å²) >= 11 is 0. The number of aryl methyl sites for hydroxylation is 1. The second-order valence-electron chi connectivity index (χ2n) is 5.77. The minimum Gasteiger partial charge on any atom is -0.271 e. The van der Waals surface area contributed by atoms with Gasteiger partial charge in [0.1, 0.15) is 0 Å². The molecule has 1 saturated carbocycles. The molecule has 1 fully saturated rings. The van der Waals surface area contributed by atoms with E-state index in [9.17, 15) is 0 Å². The van der Waals surface area contributed by atoms with Crippen LogP contribution in [0.4, 0.5) is 0 Å². The van der Waals surface area contributed by atoms with Gasteiger partial charge >= 0.3 is 0 Å². The normalized spacial score (nSPS) is 17.6. The van der Waals surface area contributed by atoms with E-state index >= 15 is 0 Å². The summed E-state index contributed by atoms with van der Waals surface area (Å²) in [6.07, 6.45) is 4.63. The van der Waals surface area contributed by atoms with Gasteiger partial charge in [-0.2, -0.15) is 0 Å². The van der Waals surface area contributed by atoms with Gasteiger partial charge in [-0.15, -0.1) is 0 Å². The zero-order chi connectivity index (χ0) is 13.8. The Morgan fingerprint density at radius 2 is 1.55 bits per heavy atom. The topological polar surface area (TPSA) is 38.0 Å². The van der Waals surface area contributed by atoms with Crippen molar-refractivity contribution in [3.8, 4) is 0 Å². The van der Waals surface area contributed by atoms with E-state index in [2.05, 4.69) is 66.1 Å². The van der Waals surface area contributed by atoms with E-state index in [0.29, 0.717) is 6.04 Å². The molecule has 0 heterocycles.